The highest BCUT2D eigenvalue weighted by Crippen LogP contribution is 2.29. The maximum absolute atomic E-state index is 12.9. The van der Waals surface area contributed by atoms with Gasteiger partial charge in [-0.3, -0.25) is 14.5 Å². The molecule has 0 spiro atoms. The van der Waals surface area contributed by atoms with Crippen molar-refractivity contribution < 1.29 is 23.9 Å². The number of amides is 4. The summed E-state index contributed by atoms with van der Waals surface area (Å²) in [4.78, 5) is 40.3. The number of methoxy groups -OCH3 is 2. The topological polar surface area (TPSA) is 88.2 Å². The fraction of sp³-hybridized carbons (Fsp3) is 0.500. The second kappa shape index (κ2) is 9.16. The van der Waals surface area contributed by atoms with Gasteiger partial charge in [0.25, 0.3) is 5.91 Å². The minimum absolute atomic E-state index is 0.344. The van der Waals surface area contributed by atoms with Crippen LogP contribution in [0, 0.1) is 0 Å². The van der Waals surface area contributed by atoms with E-state index in [0.29, 0.717) is 36.9 Å². The van der Waals surface area contributed by atoms with Crippen LogP contribution in [0.5, 0.6) is 0 Å². The Bertz CT molecular complexity index is 689. The van der Waals surface area contributed by atoms with E-state index >= 15 is 0 Å². The third-order valence-corrected chi connectivity index (χ3v) is 4.73. The zero-order chi connectivity index (χ0) is 20.0. The highest BCUT2D eigenvalue weighted by molar-refractivity contribution is 6.30. The van der Waals surface area contributed by atoms with Crippen LogP contribution in [0.3, 0.4) is 0 Å². The van der Waals surface area contributed by atoms with Gasteiger partial charge in [-0.15, -0.1) is 0 Å². The molecule has 2 rings (SSSR count). The van der Waals surface area contributed by atoms with Crippen molar-refractivity contribution in [3.63, 3.8) is 0 Å². The molecular formula is C18H24ClN3O5. The summed E-state index contributed by atoms with van der Waals surface area (Å²) < 4.78 is 10.0. The van der Waals surface area contributed by atoms with Crippen molar-refractivity contribution in [2.75, 3.05) is 47.1 Å². The first-order valence-corrected chi connectivity index (χ1v) is 8.87. The quantitative estimate of drug-likeness (QED) is 0.633. The highest BCUT2D eigenvalue weighted by Gasteiger charge is 2.49. The molecule has 148 valence electrons. The Labute approximate surface area is 163 Å². The fourth-order valence-corrected chi connectivity index (χ4v) is 2.94. The van der Waals surface area contributed by atoms with E-state index in [1.165, 1.54) is 19.1 Å². The third-order valence-electron chi connectivity index (χ3n) is 4.47. The molecule has 1 N–H and O–H groups in total. The molecule has 4 amide bonds. The largest absolute Gasteiger partial charge is 0.383 e. The standard InChI is InChI=1S/C18H24ClN3O5/c1-18(13-4-6-14(19)7-5-13)16(24)22(17(25)20-18)12-15(23)21(8-10-26-2)9-11-27-3/h4-7H,8-12H2,1-3H3,(H,20,25)/t18-/m0/s1. The highest BCUT2D eigenvalue weighted by atomic mass is 35.5. The van der Waals surface area contributed by atoms with Gasteiger partial charge in [-0.2, -0.15) is 0 Å². The van der Waals surface area contributed by atoms with Gasteiger partial charge in [0, 0.05) is 32.3 Å². The number of imide groups is 1. The minimum atomic E-state index is -1.24. The van der Waals surface area contributed by atoms with Gasteiger partial charge in [-0.25, -0.2) is 4.79 Å². The number of nitrogens with zero attached hydrogens (tertiary/aromatic N) is 2. The first-order chi connectivity index (χ1) is 12.8. The summed E-state index contributed by atoms with van der Waals surface area (Å²) in [6.45, 7) is 2.64. The molecule has 0 aliphatic carbocycles. The molecule has 1 atom stereocenters. The molecule has 1 heterocycles. The van der Waals surface area contributed by atoms with E-state index < -0.39 is 17.5 Å². The molecule has 0 saturated carbocycles. The average Bonchev–Trinajstić information content (AvgIpc) is 2.86. The van der Waals surface area contributed by atoms with Gasteiger partial charge in [0.1, 0.15) is 12.1 Å². The second-order valence-electron chi connectivity index (χ2n) is 6.32. The zero-order valence-corrected chi connectivity index (χ0v) is 16.4. The molecule has 1 saturated heterocycles. The number of hydrogen-bond acceptors (Lipinski definition) is 5. The first kappa shape index (κ1) is 21.1. The number of nitrogens with one attached hydrogen (secondary N) is 1. The molecule has 0 bridgehead atoms. The fourth-order valence-electron chi connectivity index (χ4n) is 2.82. The van der Waals surface area contributed by atoms with E-state index in [-0.39, 0.29) is 12.5 Å². The van der Waals surface area contributed by atoms with Crippen molar-refractivity contribution in [3.05, 3.63) is 34.9 Å². The predicted molar refractivity (Wildman–Crippen MR) is 99.4 cm³/mol. The molecule has 9 heteroatoms. The molecule has 1 aliphatic rings. The van der Waals surface area contributed by atoms with E-state index in [2.05, 4.69) is 5.32 Å². The normalized spacial score (nSPS) is 19.3. The summed E-state index contributed by atoms with van der Waals surface area (Å²) in [7, 11) is 3.07. The number of hydrogen-bond donors (Lipinski definition) is 1. The van der Waals surface area contributed by atoms with Crippen LogP contribution in [0.25, 0.3) is 0 Å². The summed E-state index contributed by atoms with van der Waals surface area (Å²) in [5, 5.41) is 3.20. The van der Waals surface area contributed by atoms with Crippen molar-refractivity contribution in [2.24, 2.45) is 0 Å². The van der Waals surface area contributed by atoms with Crippen LogP contribution >= 0.6 is 11.6 Å². The van der Waals surface area contributed by atoms with E-state index in [4.69, 9.17) is 21.1 Å². The van der Waals surface area contributed by atoms with Crippen LogP contribution in [0.1, 0.15) is 12.5 Å². The van der Waals surface area contributed by atoms with Crippen LogP contribution in [0.2, 0.25) is 5.02 Å². The molecular weight excluding hydrogens is 374 g/mol. The maximum atomic E-state index is 12.9. The number of urea groups is 1. The van der Waals surface area contributed by atoms with Gasteiger partial charge in [0.15, 0.2) is 0 Å². The molecule has 0 aromatic heterocycles. The number of benzene rings is 1. The van der Waals surface area contributed by atoms with Crippen LogP contribution in [0.4, 0.5) is 4.79 Å². The van der Waals surface area contributed by atoms with Crippen LogP contribution < -0.4 is 5.32 Å². The second-order valence-corrected chi connectivity index (χ2v) is 6.76. The lowest BCUT2D eigenvalue weighted by molar-refractivity contribution is -0.139. The molecule has 1 aromatic rings. The van der Waals surface area contributed by atoms with E-state index in [1.54, 1.807) is 31.2 Å². The molecule has 8 nitrogen and oxygen atoms in total. The van der Waals surface area contributed by atoms with Crippen molar-refractivity contribution in [1.29, 1.82) is 0 Å². The molecule has 1 aromatic carbocycles. The maximum Gasteiger partial charge on any atom is 0.325 e. The van der Waals surface area contributed by atoms with E-state index in [1.807, 2.05) is 0 Å². The summed E-state index contributed by atoms with van der Waals surface area (Å²) in [6.07, 6.45) is 0. The minimum Gasteiger partial charge on any atom is -0.383 e. The lowest BCUT2D eigenvalue weighted by Gasteiger charge is -2.25. The lowest BCUT2D eigenvalue weighted by Crippen LogP contribution is -2.46. The monoisotopic (exact) mass is 397 g/mol. The van der Waals surface area contributed by atoms with Gasteiger partial charge >= 0.3 is 6.03 Å². The Hall–Kier alpha value is -2.16. The van der Waals surface area contributed by atoms with Crippen LogP contribution in [0.15, 0.2) is 24.3 Å². The summed E-state index contributed by atoms with van der Waals surface area (Å²) in [5.74, 6) is -0.838. The molecule has 1 fully saturated rings. The SMILES string of the molecule is COCCN(CCOC)C(=O)CN1C(=O)N[C@@](C)(c2ccc(Cl)cc2)C1=O. The van der Waals surface area contributed by atoms with Gasteiger partial charge in [-0.05, 0) is 24.6 Å². The van der Waals surface area contributed by atoms with Gasteiger partial charge < -0.3 is 19.7 Å². The molecule has 27 heavy (non-hydrogen) atoms. The molecule has 1 aliphatic heterocycles. The number of ether oxygens (including phenoxy) is 2. The average molecular weight is 398 g/mol. The lowest BCUT2D eigenvalue weighted by atomic mass is 9.92. The number of carbonyl (C=O) groups excluding carboxylic acids is 3. The zero-order valence-electron chi connectivity index (χ0n) is 15.7. The summed E-state index contributed by atoms with van der Waals surface area (Å²) in [6, 6.07) is 6.04. The number of halogens is 1. The van der Waals surface area contributed by atoms with Crippen molar-refractivity contribution >= 4 is 29.4 Å². The predicted octanol–water partition coefficient (Wildman–Crippen LogP) is 1.23. The van der Waals surface area contributed by atoms with E-state index in [9.17, 15) is 14.4 Å². The van der Waals surface area contributed by atoms with Crippen LogP contribution in [-0.2, 0) is 24.6 Å². The van der Waals surface area contributed by atoms with Gasteiger partial charge in [0.05, 0.1) is 13.2 Å². The van der Waals surface area contributed by atoms with Gasteiger partial charge in [-0.1, -0.05) is 23.7 Å². The third kappa shape index (κ3) is 4.77. The van der Waals surface area contributed by atoms with Gasteiger partial charge in [0.2, 0.25) is 5.91 Å². The van der Waals surface area contributed by atoms with Crippen molar-refractivity contribution in [1.82, 2.24) is 15.1 Å². The van der Waals surface area contributed by atoms with Crippen molar-refractivity contribution in [3.8, 4) is 0 Å². The van der Waals surface area contributed by atoms with E-state index in [0.717, 1.165) is 4.90 Å². The Balaban J connectivity index is 2.13. The summed E-state index contributed by atoms with van der Waals surface area (Å²) in [5.41, 5.74) is -0.651. The number of rotatable bonds is 9. The molecule has 0 unspecified atom stereocenters. The van der Waals surface area contributed by atoms with Crippen molar-refractivity contribution in [2.45, 2.75) is 12.5 Å². The summed E-state index contributed by atoms with van der Waals surface area (Å²) >= 11 is 5.89. The Morgan fingerprint density at radius 1 is 1.15 bits per heavy atom. The Morgan fingerprint density at radius 3 is 2.22 bits per heavy atom. The first-order valence-electron chi connectivity index (χ1n) is 8.49. The smallest absolute Gasteiger partial charge is 0.325 e. The van der Waals surface area contributed by atoms with Crippen LogP contribution in [-0.4, -0.2) is 74.7 Å². The Kier molecular flexibility index (Phi) is 7.18. The number of carbonyl (C=O) groups is 3. The molecule has 0 radical (unpaired) electrons. The Morgan fingerprint density at radius 2 is 1.70 bits per heavy atom.